The maximum atomic E-state index is 14.0. The van der Waals surface area contributed by atoms with E-state index < -0.39 is 17.4 Å². The molecule has 2 atom stereocenters. The van der Waals surface area contributed by atoms with E-state index in [0.717, 1.165) is 53.0 Å². The standard InChI is InChI=1S/C25H25FN2O3S/c1-2-20(29)21(30)14-24(31)28-12-6-5-9-23(28)27-25-18-11-10-17(26)13-16(18)15-32-22-8-4-3-7-19(22)25/h2-4,7-8,10-11,13-14,23,25,27,30H,1,5-6,9,12,15H2/b21-14-/t23-,25-/m0/s1. The average Bonchev–Trinajstić information content (AvgIpc) is 2.95. The van der Waals surface area contributed by atoms with Crippen LogP contribution < -0.4 is 5.32 Å². The van der Waals surface area contributed by atoms with Crippen molar-refractivity contribution in [3.05, 3.63) is 89.5 Å². The second-order valence-corrected chi connectivity index (χ2v) is 8.93. The zero-order chi connectivity index (χ0) is 22.7. The molecule has 5 nitrogen and oxygen atoms in total. The lowest BCUT2D eigenvalue weighted by Gasteiger charge is -2.38. The van der Waals surface area contributed by atoms with Crippen molar-refractivity contribution in [2.24, 2.45) is 0 Å². The molecule has 4 rings (SSSR count). The number of carbonyl (C=O) groups is 2. The molecule has 2 N–H and O–H groups in total. The van der Waals surface area contributed by atoms with Crippen molar-refractivity contribution >= 4 is 23.5 Å². The van der Waals surface area contributed by atoms with Crippen LogP contribution in [0.2, 0.25) is 0 Å². The number of hydrogen-bond acceptors (Lipinski definition) is 5. The van der Waals surface area contributed by atoms with Crippen LogP contribution in [0.4, 0.5) is 4.39 Å². The van der Waals surface area contributed by atoms with Crippen LogP contribution in [0.5, 0.6) is 0 Å². The molecular formula is C25H25FN2O3S. The van der Waals surface area contributed by atoms with Gasteiger partial charge in [0, 0.05) is 23.3 Å². The number of aliphatic hydroxyl groups excluding tert-OH is 1. The van der Waals surface area contributed by atoms with Crippen molar-refractivity contribution in [2.45, 2.75) is 42.1 Å². The van der Waals surface area contributed by atoms with Gasteiger partial charge in [-0.15, -0.1) is 11.8 Å². The van der Waals surface area contributed by atoms with Crippen LogP contribution in [0.1, 0.15) is 42.0 Å². The third kappa shape index (κ3) is 4.64. The normalized spacial score (nSPS) is 20.7. The molecule has 1 amide bonds. The minimum atomic E-state index is -0.689. The van der Waals surface area contributed by atoms with E-state index >= 15 is 0 Å². The predicted molar refractivity (Wildman–Crippen MR) is 123 cm³/mol. The monoisotopic (exact) mass is 452 g/mol. The van der Waals surface area contributed by atoms with Crippen LogP contribution in [-0.4, -0.2) is 34.4 Å². The number of benzene rings is 2. The zero-order valence-electron chi connectivity index (χ0n) is 17.6. The summed E-state index contributed by atoms with van der Waals surface area (Å²) < 4.78 is 14.0. The average molecular weight is 453 g/mol. The van der Waals surface area contributed by atoms with Crippen LogP contribution in [0.15, 0.2) is 71.9 Å². The fraction of sp³-hybridized carbons (Fsp3) is 0.280. The predicted octanol–water partition coefficient (Wildman–Crippen LogP) is 4.65. The fourth-order valence-electron chi connectivity index (χ4n) is 4.27. The number of piperidine rings is 1. The summed E-state index contributed by atoms with van der Waals surface area (Å²) in [6.07, 6.45) is 4.16. The molecular weight excluding hydrogens is 427 g/mol. The highest BCUT2D eigenvalue weighted by Gasteiger charge is 2.32. The minimum Gasteiger partial charge on any atom is -0.504 e. The van der Waals surface area contributed by atoms with Gasteiger partial charge in [-0.25, -0.2) is 4.39 Å². The van der Waals surface area contributed by atoms with Gasteiger partial charge in [0.2, 0.25) is 5.78 Å². The van der Waals surface area contributed by atoms with Crippen molar-refractivity contribution in [1.82, 2.24) is 10.2 Å². The molecule has 0 aliphatic carbocycles. The third-order valence-electron chi connectivity index (χ3n) is 5.87. The van der Waals surface area contributed by atoms with Crippen molar-refractivity contribution in [3.8, 4) is 0 Å². The molecule has 0 spiro atoms. The molecule has 2 aliphatic heterocycles. The molecule has 1 fully saturated rings. The number of hydrogen-bond donors (Lipinski definition) is 2. The maximum Gasteiger partial charge on any atom is 0.251 e. The Morgan fingerprint density at radius 2 is 2.00 bits per heavy atom. The third-order valence-corrected chi connectivity index (χ3v) is 7.01. The first-order valence-electron chi connectivity index (χ1n) is 10.6. The van der Waals surface area contributed by atoms with Crippen molar-refractivity contribution in [2.75, 3.05) is 6.54 Å². The van der Waals surface area contributed by atoms with Gasteiger partial charge in [0.1, 0.15) is 5.82 Å². The van der Waals surface area contributed by atoms with Gasteiger partial charge in [-0.3, -0.25) is 14.9 Å². The molecule has 2 aromatic rings. The van der Waals surface area contributed by atoms with Crippen molar-refractivity contribution < 1.29 is 19.1 Å². The summed E-state index contributed by atoms with van der Waals surface area (Å²) in [4.78, 5) is 27.3. The molecule has 0 bridgehead atoms. The summed E-state index contributed by atoms with van der Waals surface area (Å²) in [7, 11) is 0. The Morgan fingerprint density at radius 3 is 2.81 bits per heavy atom. The van der Waals surface area contributed by atoms with Crippen LogP contribution in [0, 0.1) is 5.82 Å². The topological polar surface area (TPSA) is 69.6 Å². The van der Waals surface area contributed by atoms with E-state index in [1.165, 1.54) is 6.07 Å². The van der Waals surface area contributed by atoms with Crippen LogP contribution in [-0.2, 0) is 15.3 Å². The van der Waals surface area contributed by atoms with Crippen LogP contribution in [0.25, 0.3) is 0 Å². The van der Waals surface area contributed by atoms with Gasteiger partial charge in [0.25, 0.3) is 5.91 Å². The minimum absolute atomic E-state index is 0.220. The molecule has 166 valence electrons. The van der Waals surface area contributed by atoms with Crippen LogP contribution >= 0.6 is 11.8 Å². The molecule has 0 saturated carbocycles. The smallest absolute Gasteiger partial charge is 0.251 e. The lowest BCUT2D eigenvalue weighted by Crippen LogP contribution is -2.52. The first kappa shape index (κ1) is 22.3. The molecule has 32 heavy (non-hydrogen) atoms. The SMILES string of the molecule is C=CC(=O)/C(O)=C/C(=O)N1CCCC[C@H]1N[C@H]1c2ccc(F)cc2CSc2ccccc21. The van der Waals surface area contributed by atoms with Gasteiger partial charge in [-0.1, -0.05) is 30.8 Å². The first-order valence-corrected chi connectivity index (χ1v) is 11.6. The Bertz CT molecular complexity index is 1080. The van der Waals surface area contributed by atoms with Gasteiger partial charge >= 0.3 is 0 Å². The van der Waals surface area contributed by atoms with Crippen molar-refractivity contribution in [3.63, 3.8) is 0 Å². The van der Waals surface area contributed by atoms with Gasteiger partial charge < -0.3 is 10.0 Å². The number of halogens is 1. The number of likely N-dealkylation sites (tertiary alicyclic amines) is 1. The summed E-state index contributed by atoms with van der Waals surface area (Å²) in [5, 5.41) is 13.5. The molecule has 2 heterocycles. The summed E-state index contributed by atoms with van der Waals surface area (Å²) in [6.45, 7) is 3.85. The summed E-state index contributed by atoms with van der Waals surface area (Å²) in [5.41, 5.74) is 3.00. The molecule has 2 aliphatic rings. The Labute approximate surface area is 191 Å². The number of allylic oxidation sites excluding steroid dienone is 1. The highest BCUT2D eigenvalue weighted by atomic mass is 32.2. The van der Waals surface area contributed by atoms with Gasteiger partial charge in [0.15, 0.2) is 5.76 Å². The van der Waals surface area contributed by atoms with Crippen molar-refractivity contribution in [1.29, 1.82) is 0 Å². The summed E-state index contributed by atoms with van der Waals surface area (Å²) in [5.74, 6) is -1.34. The van der Waals surface area contributed by atoms with E-state index in [2.05, 4.69) is 24.0 Å². The summed E-state index contributed by atoms with van der Waals surface area (Å²) >= 11 is 1.67. The molecule has 0 radical (unpaired) electrons. The number of nitrogens with one attached hydrogen (secondary N) is 1. The first-order chi connectivity index (χ1) is 15.5. The molecule has 0 unspecified atom stereocenters. The molecule has 7 heteroatoms. The number of carbonyl (C=O) groups excluding carboxylic acids is 2. The summed E-state index contributed by atoms with van der Waals surface area (Å²) in [6, 6.07) is 12.7. The lowest BCUT2D eigenvalue weighted by atomic mass is 9.93. The largest absolute Gasteiger partial charge is 0.504 e. The molecule has 0 aromatic heterocycles. The molecule has 1 saturated heterocycles. The quantitative estimate of drug-likeness (QED) is 0.511. The zero-order valence-corrected chi connectivity index (χ0v) is 18.4. The van der Waals surface area contributed by atoms with E-state index in [9.17, 15) is 19.1 Å². The number of rotatable bonds is 5. The van der Waals surface area contributed by atoms with Gasteiger partial charge in [-0.05, 0) is 60.2 Å². The number of amides is 1. The van der Waals surface area contributed by atoms with Gasteiger partial charge in [0.05, 0.1) is 12.2 Å². The van der Waals surface area contributed by atoms with E-state index in [1.54, 1.807) is 22.7 Å². The Hall–Kier alpha value is -2.90. The van der Waals surface area contributed by atoms with E-state index in [1.807, 2.05) is 18.2 Å². The molecule has 2 aromatic carbocycles. The Morgan fingerprint density at radius 1 is 1.19 bits per heavy atom. The highest BCUT2D eigenvalue weighted by Crippen LogP contribution is 2.40. The lowest BCUT2D eigenvalue weighted by molar-refractivity contribution is -0.131. The number of aliphatic hydroxyl groups is 1. The van der Waals surface area contributed by atoms with Gasteiger partial charge in [-0.2, -0.15) is 0 Å². The van der Waals surface area contributed by atoms with Crippen LogP contribution in [0.3, 0.4) is 0 Å². The van der Waals surface area contributed by atoms with E-state index in [0.29, 0.717) is 12.3 Å². The van der Waals surface area contributed by atoms with E-state index in [4.69, 9.17) is 0 Å². The van der Waals surface area contributed by atoms with E-state index in [-0.39, 0.29) is 18.0 Å². The highest BCUT2D eigenvalue weighted by molar-refractivity contribution is 7.98. The Kier molecular flexibility index (Phi) is 6.77. The number of fused-ring (bicyclic) bond motifs is 2. The maximum absolute atomic E-state index is 14.0. The second-order valence-electron chi connectivity index (χ2n) is 7.91. The number of nitrogens with zero attached hydrogens (tertiary/aromatic N) is 1. The fourth-order valence-corrected chi connectivity index (χ4v) is 5.36. The number of ketones is 1. The number of thioether (sulfide) groups is 1. The second kappa shape index (κ2) is 9.71. The Balaban J connectivity index is 1.68.